The predicted molar refractivity (Wildman–Crippen MR) is 64.7 cm³/mol. The molecule has 0 saturated heterocycles. The predicted octanol–water partition coefficient (Wildman–Crippen LogP) is 1.88. The summed E-state index contributed by atoms with van der Waals surface area (Å²) in [5.41, 5.74) is -0.185. The first-order valence-electron chi connectivity index (χ1n) is 5.22. The van der Waals surface area contributed by atoms with E-state index in [1.54, 1.807) is 0 Å². The van der Waals surface area contributed by atoms with Crippen molar-refractivity contribution < 1.29 is 19.9 Å². The molecule has 0 saturated carbocycles. The normalized spacial score (nSPS) is 12.1. The van der Waals surface area contributed by atoms with Crippen molar-refractivity contribution in [3.8, 4) is 0 Å². The zero-order valence-electron chi connectivity index (χ0n) is 9.38. The number of hydrogen-bond acceptors (Lipinski definition) is 4. The molecule has 0 amide bonds. The van der Waals surface area contributed by atoms with Crippen molar-refractivity contribution in [2.24, 2.45) is 0 Å². The standard InChI is InChI=1S/C11H12ClNO5/c12-6-2-4-7-3-1-5-8(9(7)13(17)18)10(14)11(15)16/h1,3,5,10,14H,2,4,6H2,(H,15,16). The number of rotatable bonds is 6. The molecule has 18 heavy (non-hydrogen) atoms. The highest BCUT2D eigenvalue weighted by molar-refractivity contribution is 6.17. The lowest BCUT2D eigenvalue weighted by Crippen LogP contribution is -2.13. The number of aliphatic hydroxyl groups excluding tert-OH is 1. The van der Waals surface area contributed by atoms with E-state index in [0.29, 0.717) is 24.3 Å². The number of nitro benzene ring substituents is 1. The van der Waals surface area contributed by atoms with Crippen LogP contribution in [0.2, 0.25) is 0 Å². The Balaban J connectivity index is 3.25. The van der Waals surface area contributed by atoms with Crippen LogP contribution in [0.25, 0.3) is 0 Å². The lowest BCUT2D eigenvalue weighted by Gasteiger charge is -2.09. The number of carbonyl (C=O) groups is 1. The topological polar surface area (TPSA) is 101 Å². The van der Waals surface area contributed by atoms with E-state index in [1.807, 2.05) is 0 Å². The summed E-state index contributed by atoms with van der Waals surface area (Å²) in [5.74, 6) is -1.17. The van der Waals surface area contributed by atoms with Crippen molar-refractivity contribution in [2.45, 2.75) is 18.9 Å². The van der Waals surface area contributed by atoms with Gasteiger partial charge in [-0.2, -0.15) is 0 Å². The van der Waals surface area contributed by atoms with Crippen LogP contribution in [0.5, 0.6) is 0 Å². The first kappa shape index (κ1) is 14.4. The van der Waals surface area contributed by atoms with E-state index in [1.165, 1.54) is 18.2 Å². The maximum absolute atomic E-state index is 11.0. The van der Waals surface area contributed by atoms with Crippen molar-refractivity contribution in [1.29, 1.82) is 0 Å². The summed E-state index contributed by atoms with van der Waals surface area (Å²) >= 11 is 5.52. The highest BCUT2D eigenvalue weighted by Crippen LogP contribution is 2.30. The van der Waals surface area contributed by atoms with Crippen molar-refractivity contribution in [3.63, 3.8) is 0 Å². The lowest BCUT2D eigenvalue weighted by molar-refractivity contribution is -0.386. The lowest BCUT2D eigenvalue weighted by atomic mass is 10.00. The Kier molecular flexibility index (Phi) is 5.06. The molecule has 2 N–H and O–H groups in total. The van der Waals surface area contributed by atoms with Crippen LogP contribution >= 0.6 is 11.6 Å². The summed E-state index contributed by atoms with van der Waals surface area (Å²) in [6.07, 6.45) is -1.00. The van der Waals surface area contributed by atoms with Gasteiger partial charge in [0.25, 0.3) is 5.69 Å². The van der Waals surface area contributed by atoms with E-state index in [4.69, 9.17) is 16.7 Å². The van der Waals surface area contributed by atoms with Gasteiger partial charge in [0, 0.05) is 11.4 Å². The third kappa shape index (κ3) is 3.18. The molecular weight excluding hydrogens is 262 g/mol. The number of benzene rings is 1. The van der Waals surface area contributed by atoms with Gasteiger partial charge in [0.2, 0.25) is 0 Å². The fraction of sp³-hybridized carbons (Fsp3) is 0.364. The molecule has 0 aliphatic rings. The second-order valence-corrected chi connectivity index (χ2v) is 4.02. The molecule has 1 unspecified atom stereocenters. The van der Waals surface area contributed by atoms with Crippen LogP contribution in [0.1, 0.15) is 23.7 Å². The van der Waals surface area contributed by atoms with Gasteiger partial charge in [-0.15, -0.1) is 11.6 Å². The van der Waals surface area contributed by atoms with Gasteiger partial charge in [0.05, 0.1) is 10.5 Å². The summed E-state index contributed by atoms with van der Waals surface area (Å²) in [7, 11) is 0. The highest BCUT2D eigenvalue weighted by atomic mass is 35.5. The molecule has 0 radical (unpaired) electrons. The number of aliphatic carboxylic acids is 1. The second-order valence-electron chi connectivity index (χ2n) is 3.65. The Labute approximate surface area is 108 Å². The fourth-order valence-electron chi connectivity index (χ4n) is 1.65. The van der Waals surface area contributed by atoms with E-state index in [-0.39, 0.29) is 11.3 Å². The third-order valence-electron chi connectivity index (χ3n) is 2.44. The zero-order chi connectivity index (χ0) is 13.7. The van der Waals surface area contributed by atoms with Gasteiger partial charge in [-0.05, 0) is 18.9 Å². The van der Waals surface area contributed by atoms with Crippen LogP contribution < -0.4 is 0 Å². The summed E-state index contributed by atoms with van der Waals surface area (Å²) in [6, 6.07) is 4.25. The molecule has 0 spiro atoms. The second kappa shape index (κ2) is 6.32. The molecule has 6 nitrogen and oxygen atoms in total. The van der Waals surface area contributed by atoms with Crippen molar-refractivity contribution >= 4 is 23.3 Å². The van der Waals surface area contributed by atoms with Gasteiger partial charge >= 0.3 is 5.97 Å². The first-order chi connectivity index (χ1) is 8.49. The molecule has 0 aliphatic heterocycles. The minimum absolute atomic E-state index is 0.209. The van der Waals surface area contributed by atoms with Crippen LogP contribution in [0.4, 0.5) is 5.69 Å². The van der Waals surface area contributed by atoms with Gasteiger partial charge in [0.1, 0.15) is 0 Å². The molecule has 0 heterocycles. The summed E-state index contributed by atoms with van der Waals surface area (Å²) in [5, 5.41) is 29.2. The van der Waals surface area contributed by atoms with Gasteiger partial charge in [0.15, 0.2) is 6.10 Å². The number of aryl methyl sites for hydroxylation is 1. The SMILES string of the molecule is O=C(O)C(O)c1cccc(CCCCl)c1[N+](=O)[O-]. The zero-order valence-corrected chi connectivity index (χ0v) is 10.1. The van der Waals surface area contributed by atoms with E-state index < -0.39 is 17.0 Å². The molecular formula is C11H12ClNO5. The third-order valence-corrected chi connectivity index (χ3v) is 2.71. The molecule has 0 fully saturated rings. The quantitative estimate of drug-likeness (QED) is 0.468. The van der Waals surface area contributed by atoms with Crippen LogP contribution in [-0.4, -0.2) is 27.0 Å². The Morgan fingerprint density at radius 2 is 2.17 bits per heavy atom. The maximum atomic E-state index is 11.0. The Bertz CT molecular complexity index is 463. The largest absolute Gasteiger partial charge is 0.479 e. The van der Waals surface area contributed by atoms with E-state index >= 15 is 0 Å². The molecule has 7 heteroatoms. The maximum Gasteiger partial charge on any atom is 0.337 e. The van der Waals surface area contributed by atoms with E-state index in [9.17, 15) is 20.0 Å². The smallest absolute Gasteiger partial charge is 0.337 e. The number of nitro groups is 1. The summed E-state index contributed by atoms with van der Waals surface area (Å²) in [4.78, 5) is 21.0. The number of carboxylic acid groups (broad SMARTS) is 1. The number of aliphatic hydroxyl groups is 1. The molecule has 1 atom stereocenters. The Morgan fingerprint density at radius 1 is 1.50 bits per heavy atom. The average molecular weight is 274 g/mol. The molecule has 1 aromatic rings. The molecule has 98 valence electrons. The van der Waals surface area contributed by atoms with E-state index in [0.717, 1.165) is 0 Å². The number of hydrogen-bond donors (Lipinski definition) is 2. The minimum atomic E-state index is -1.90. The number of para-hydroxylation sites is 1. The van der Waals surface area contributed by atoms with Crippen LogP contribution in [0.15, 0.2) is 18.2 Å². The van der Waals surface area contributed by atoms with Gasteiger partial charge in [-0.3, -0.25) is 10.1 Å². The summed E-state index contributed by atoms with van der Waals surface area (Å²) in [6.45, 7) is 0. The minimum Gasteiger partial charge on any atom is -0.479 e. The molecule has 1 aromatic carbocycles. The van der Waals surface area contributed by atoms with Crippen molar-refractivity contribution in [3.05, 3.63) is 39.4 Å². The fourth-order valence-corrected chi connectivity index (χ4v) is 1.78. The van der Waals surface area contributed by atoms with Crippen molar-refractivity contribution in [2.75, 3.05) is 5.88 Å². The Morgan fingerprint density at radius 3 is 2.67 bits per heavy atom. The number of nitrogens with zero attached hydrogens (tertiary/aromatic N) is 1. The highest BCUT2D eigenvalue weighted by Gasteiger charge is 2.28. The van der Waals surface area contributed by atoms with Gasteiger partial charge in [-0.1, -0.05) is 12.1 Å². The van der Waals surface area contributed by atoms with E-state index in [2.05, 4.69) is 0 Å². The number of alkyl halides is 1. The van der Waals surface area contributed by atoms with Gasteiger partial charge < -0.3 is 10.2 Å². The van der Waals surface area contributed by atoms with Crippen molar-refractivity contribution in [1.82, 2.24) is 0 Å². The van der Waals surface area contributed by atoms with Crippen LogP contribution in [0.3, 0.4) is 0 Å². The Hall–Kier alpha value is -1.66. The molecule has 0 aliphatic carbocycles. The van der Waals surface area contributed by atoms with Crippen LogP contribution in [0, 0.1) is 10.1 Å². The molecule has 0 aromatic heterocycles. The number of carboxylic acids is 1. The molecule has 0 bridgehead atoms. The monoisotopic (exact) mass is 273 g/mol. The van der Waals surface area contributed by atoms with Crippen LogP contribution in [-0.2, 0) is 11.2 Å². The number of halogens is 1. The molecule has 1 rings (SSSR count). The first-order valence-corrected chi connectivity index (χ1v) is 5.75. The summed E-state index contributed by atoms with van der Waals surface area (Å²) < 4.78 is 0. The average Bonchev–Trinajstić information content (AvgIpc) is 2.34. The van der Waals surface area contributed by atoms with Gasteiger partial charge in [-0.25, -0.2) is 4.79 Å².